The van der Waals surface area contributed by atoms with Crippen LogP contribution in [0.25, 0.3) is 0 Å². The minimum absolute atomic E-state index is 0.00315. The van der Waals surface area contributed by atoms with Crippen molar-refractivity contribution in [1.29, 1.82) is 0 Å². The van der Waals surface area contributed by atoms with E-state index in [1.165, 1.54) is 13.2 Å². The highest BCUT2D eigenvalue weighted by Crippen LogP contribution is 2.28. The first-order valence-electron chi connectivity index (χ1n) is 6.38. The first-order valence-corrected chi connectivity index (χ1v) is 7.17. The maximum Gasteiger partial charge on any atom is 0.165 e. The zero-order chi connectivity index (χ0) is 14.7. The number of rotatable bonds is 4. The van der Waals surface area contributed by atoms with E-state index < -0.39 is 0 Å². The van der Waals surface area contributed by atoms with Crippen molar-refractivity contribution in [3.05, 3.63) is 57.8 Å². The van der Waals surface area contributed by atoms with Crippen LogP contribution >= 0.6 is 15.9 Å². The summed E-state index contributed by atoms with van der Waals surface area (Å²) in [6, 6.07) is 11.0. The lowest BCUT2D eigenvalue weighted by Gasteiger charge is -2.18. The molecular weight excluding hydrogens is 321 g/mol. The summed E-state index contributed by atoms with van der Waals surface area (Å²) < 4.78 is 19.7. The SMILES string of the molecule is COc1ccc(C(C)Nc2cccc(Br)c2C)cc1F. The Bertz CT molecular complexity index is 615. The van der Waals surface area contributed by atoms with Gasteiger partial charge in [0.1, 0.15) is 0 Å². The monoisotopic (exact) mass is 337 g/mol. The van der Waals surface area contributed by atoms with Crippen molar-refractivity contribution in [2.75, 3.05) is 12.4 Å². The molecule has 0 aromatic heterocycles. The minimum Gasteiger partial charge on any atom is -0.494 e. The Morgan fingerprint density at radius 2 is 2.00 bits per heavy atom. The number of hydrogen-bond donors (Lipinski definition) is 1. The third-order valence-electron chi connectivity index (χ3n) is 3.32. The average molecular weight is 338 g/mol. The molecule has 0 bridgehead atoms. The van der Waals surface area contributed by atoms with E-state index in [0.29, 0.717) is 0 Å². The van der Waals surface area contributed by atoms with Crippen molar-refractivity contribution in [2.24, 2.45) is 0 Å². The fraction of sp³-hybridized carbons (Fsp3) is 0.250. The highest BCUT2D eigenvalue weighted by atomic mass is 79.9. The largest absolute Gasteiger partial charge is 0.494 e. The van der Waals surface area contributed by atoms with Crippen molar-refractivity contribution in [1.82, 2.24) is 0 Å². The van der Waals surface area contributed by atoms with Crippen LogP contribution in [0.1, 0.15) is 24.1 Å². The van der Waals surface area contributed by atoms with Gasteiger partial charge < -0.3 is 10.1 Å². The van der Waals surface area contributed by atoms with Crippen LogP contribution in [-0.2, 0) is 0 Å². The van der Waals surface area contributed by atoms with Crippen LogP contribution in [0.15, 0.2) is 40.9 Å². The van der Waals surface area contributed by atoms with Crippen molar-refractivity contribution in [3.8, 4) is 5.75 Å². The standard InChI is InChI=1S/C16H17BrFNO/c1-10-13(17)5-4-6-15(10)19-11(2)12-7-8-16(20-3)14(18)9-12/h4-9,11,19H,1-3H3. The van der Waals surface area contributed by atoms with Gasteiger partial charge in [0.2, 0.25) is 0 Å². The van der Waals surface area contributed by atoms with E-state index in [0.717, 1.165) is 21.3 Å². The van der Waals surface area contributed by atoms with E-state index in [4.69, 9.17) is 4.74 Å². The maximum atomic E-state index is 13.7. The van der Waals surface area contributed by atoms with E-state index in [1.807, 2.05) is 38.1 Å². The normalized spacial score (nSPS) is 12.1. The van der Waals surface area contributed by atoms with Gasteiger partial charge in [0.05, 0.1) is 7.11 Å². The Hall–Kier alpha value is -1.55. The maximum absolute atomic E-state index is 13.7. The van der Waals surface area contributed by atoms with Gasteiger partial charge in [-0.05, 0) is 49.2 Å². The fourth-order valence-corrected chi connectivity index (χ4v) is 2.40. The van der Waals surface area contributed by atoms with E-state index in [-0.39, 0.29) is 17.6 Å². The van der Waals surface area contributed by atoms with Crippen LogP contribution in [0.5, 0.6) is 5.75 Å². The molecule has 20 heavy (non-hydrogen) atoms. The predicted octanol–water partition coefficient (Wildman–Crippen LogP) is 5.08. The van der Waals surface area contributed by atoms with E-state index >= 15 is 0 Å². The smallest absolute Gasteiger partial charge is 0.165 e. The van der Waals surface area contributed by atoms with Crippen LogP contribution < -0.4 is 10.1 Å². The van der Waals surface area contributed by atoms with Gasteiger partial charge in [-0.1, -0.05) is 28.1 Å². The Labute approximate surface area is 127 Å². The molecule has 0 radical (unpaired) electrons. The number of methoxy groups -OCH3 is 1. The number of halogens is 2. The lowest BCUT2D eigenvalue weighted by atomic mass is 10.1. The average Bonchev–Trinajstić information content (AvgIpc) is 2.43. The van der Waals surface area contributed by atoms with Crippen LogP contribution in [0.2, 0.25) is 0 Å². The van der Waals surface area contributed by atoms with Crippen LogP contribution in [0, 0.1) is 12.7 Å². The molecule has 0 aliphatic rings. The molecule has 106 valence electrons. The number of anilines is 1. The van der Waals surface area contributed by atoms with Gasteiger partial charge in [-0.25, -0.2) is 4.39 Å². The molecule has 0 fully saturated rings. The molecular formula is C16H17BrFNO. The molecule has 0 aliphatic heterocycles. The summed E-state index contributed by atoms with van der Waals surface area (Å²) in [5.74, 6) is -0.0794. The van der Waals surface area contributed by atoms with E-state index in [9.17, 15) is 4.39 Å². The second-order valence-corrected chi connectivity index (χ2v) is 5.53. The molecule has 0 saturated heterocycles. The van der Waals surface area contributed by atoms with Gasteiger partial charge in [-0.2, -0.15) is 0 Å². The summed E-state index contributed by atoms with van der Waals surface area (Å²) in [6.45, 7) is 4.04. The predicted molar refractivity (Wildman–Crippen MR) is 83.9 cm³/mol. The molecule has 0 spiro atoms. The molecule has 0 heterocycles. The summed E-state index contributed by atoms with van der Waals surface area (Å²) in [5.41, 5.74) is 3.04. The summed E-state index contributed by atoms with van der Waals surface area (Å²) in [6.07, 6.45) is 0. The van der Waals surface area contributed by atoms with Crippen molar-refractivity contribution in [2.45, 2.75) is 19.9 Å². The Kier molecular flexibility index (Phi) is 4.65. The second-order valence-electron chi connectivity index (χ2n) is 4.67. The lowest BCUT2D eigenvalue weighted by Crippen LogP contribution is -2.08. The molecule has 1 atom stereocenters. The second kappa shape index (κ2) is 6.27. The van der Waals surface area contributed by atoms with Crippen molar-refractivity contribution >= 4 is 21.6 Å². The topological polar surface area (TPSA) is 21.3 Å². The van der Waals surface area contributed by atoms with Crippen molar-refractivity contribution < 1.29 is 9.13 Å². The van der Waals surface area contributed by atoms with Gasteiger partial charge in [-0.15, -0.1) is 0 Å². The minimum atomic E-state index is -0.343. The number of hydrogen-bond acceptors (Lipinski definition) is 2. The number of ether oxygens (including phenoxy) is 1. The molecule has 2 rings (SSSR count). The van der Waals surface area contributed by atoms with Crippen LogP contribution in [0.4, 0.5) is 10.1 Å². The van der Waals surface area contributed by atoms with Gasteiger partial charge in [-0.3, -0.25) is 0 Å². The molecule has 0 amide bonds. The third kappa shape index (κ3) is 3.12. The quantitative estimate of drug-likeness (QED) is 0.840. The molecule has 2 aromatic carbocycles. The highest BCUT2D eigenvalue weighted by Gasteiger charge is 2.11. The van der Waals surface area contributed by atoms with Crippen LogP contribution in [-0.4, -0.2) is 7.11 Å². The van der Waals surface area contributed by atoms with Crippen molar-refractivity contribution in [3.63, 3.8) is 0 Å². The summed E-state index contributed by atoms with van der Waals surface area (Å²) in [7, 11) is 1.46. The highest BCUT2D eigenvalue weighted by molar-refractivity contribution is 9.10. The van der Waals surface area contributed by atoms with Gasteiger partial charge in [0.15, 0.2) is 11.6 Å². The Balaban J connectivity index is 2.21. The van der Waals surface area contributed by atoms with Gasteiger partial charge in [0.25, 0.3) is 0 Å². The van der Waals surface area contributed by atoms with Crippen LogP contribution in [0.3, 0.4) is 0 Å². The molecule has 1 unspecified atom stereocenters. The lowest BCUT2D eigenvalue weighted by molar-refractivity contribution is 0.386. The Morgan fingerprint density at radius 1 is 1.25 bits per heavy atom. The van der Waals surface area contributed by atoms with E-state index in [1.54, 1.807) is 6.07 Å². The first kappa shape index (κ1) is 14.9. The summed E-state index contributed by atoms with van der Waals surface area (Å²) in [5, 5.41) is 3.39. The number of benzene rings is 2. The zero-order valence-corrected chi connectivity index (χ0v) is 13.3. The molecule has 0 saturated carbocycles. The Morgan fingerprint density at radius 3 is 2.65 bits per heavy atom. The summed E-state index contributed by atoms with van der Waals surface area (Å²) >= 11 is 3.51. The summed E-state index contributed by atoms with van der Waals surface area (Å²) in [4.78, 5) is 0. The first-order chi connectivity index (χ1) is 9.52. The molecule has 2 aromatic rings. The fourth-order valence-electron chi connectivity index (χ4n) is 2.03. The van der Waals surface area contributed by atoms with Gasteiger partial charge in [0, 0.05) is 16.2 Å². The molecule has 4 heteroatoms. The zero-order valence-electron chi connectivity index (χ0n) is 11.7. The molecule has 0 aliphatic carbocycles. The van der Waals surface area contributed by atoms with Gasteiger partial charge >= 0.3 is 0 Å². The third-order valence-corrected chi connectivity index (χ3v) is 4.17. The number of nitrogens with one attached hydrogen (secondary N) is 1. The van der Waals surface area contributed by atoms with E-state index in [2.05, 4.69) is 21.2 Å². The molecule has 2 nitrogen and oxygen atoms in total. The molecule has 1 N–H and O–H groups in total.